The Hall–Kier alpha value is -2.28. The number of carbonyl (C=O) groups excluding carboxylic acids is 1. The average Bonchev–Trinajstić information content (AvgIpc) is 2.72. The monoisotopic (exact) mass is 452 g/mol. The van der Waals surface area contributed by atoms with Gasteiger partial charge in [0, 0.05) is 11.4 Å². The van der Waals surface area contributed by atoms with Crippen LogP contribution in [0.2, 0.25) is 10.0 Å². The predicted octanol–water partition coefficient (Wildman–Crippen LogP) is 4.06. The highest BCUT2D eigenvalue weighted by Crippen LogP contribution is 2.37. The third-order valence-electron chi connectivity index (χ3n) is 4.77. The molecule has 0 aromatic heterocycles. The normalized spacial score (nSPS) is 11.8. The van der Waals surface area contributed by atoms with Gasteiger partial charge >= 0.3 is 5.97 Å². The molecule has 2 aromatic carbocycles. The maximum absolute atomic E-state index is 12.7. The lowest BCUT2D eigenvalue weighted by atomic mass is 10.0. The number of aromatic hydroxyl groups is 1. The lowest BCUT2D eigenvalue weighted by molar-refractivity contribution is -0.139. The molecule has 0 bridgehead atoms. The lowest BCUT2D eigenvalue weighted by Gasteiger charge is -2.17. The fourth-order valence-corrected chi connectivity index (χ4v) is 3.76. The number of nitrogens with one attached hydrogen (secondary N) is 2. The van der Waals surface area contributed by atoms with Crippen LogP contribution < -0.4 is 10.6 Å². The molecule has 162 valence electrons. The fraction of sp³-hybridized carbons (Fsp3) is 0.364. The average molecular weight is 453 g/mol. The van der Waals surface area contributed by atoms with Crippen molar-refractivity contribution in [1.82, 2.24) is 10.6 Å². The van der Waals surface area contributed by atoms with Crippen LogP contribution in [0.15, 0.2) is 36.4 Å². The second kappa shape index (κ2) is 11.8. The molecule has 0 heterocycles. The van der Waals surface area contributed by atoms with Gasteiger partial charge in [0.2, 0.25) is 0 Å². The highest BCUT2D eigenvalue weighted by Gasteiger charge is 2.25. The molecule has 8 heteroatoms. The van der Waals surface area contributed by atoms with Crippen molar-refractivity contribution in [2.24, 2.45) is 0 Å². The van der Waals surface area contributed by atoms with Gasteiger partial charge in [-0.3, -0.25) is 4.79 Å². The number of carboxylic acids is 1. The zero-order valence-electron chi connectivity index (χ0n) is 16.8. The number of unbranched alkanes of at least 4 members (excludes halogenated alkanes) is 2. The van der Waals surface area contributed by atoms with Gasteiger partial charge in [-0.25, -0.2) is 4.79 Å². The summed E-state index contributed by atoms with van der Waals surface area (Å²) in [6.07, 6.45) is 3.49. The van der Waals surface area contributed by atoms with Crippen LogP contribution in [-0.2, 0) is 17.6 Å². The number of halogens is 2. The number of benzene rings is 2. The first-order valence-electron chi connectivity index (χ1n) is 9.77. The van der Waals surface area contributed by atoms with Crippen LogP contribution in [0.3, 0.4) is 0 Å². The van der Waals surface area contributed by atoms with E-state index in [1.54, 1.807) is 24.3 Å². The van der Waals surface area contributed by atoms with E-state index in [0.717, 1.165) is 31.4 Å². The second-order valence-electron chi connectivity index (χ2n) is 7.02. The van der Waals surface area contributed by atoms with Crippen molar-refractivity contribution in [2.45, 2.75) is 38.1 Å². The van der Waals surface area contributed by atoms with E-state index in [-0.39, 0.29) is 22.0 Å². The zero-order valence-corrected chi connectivity index (χ0v) is 18.3. The molecule has 4 N–H and O–H groups in total. The van der Waals surface area contributed by atoms with E-state index in [9.17, 15) is 19.8 Å². The highest BCUT2D eigenvalue weighted by atomic mass is 35.5. The number of hydrogen-bond donors (Lipinski definition) is 4. The summed E-state index contributed by atoms with van der Waals surface area (Å²) < 4.78 is 0. The first-order valence-corrected chi connectivity index (χ1v) is 10.5. The van der Waals surface area contributed by atoms with Crippen molar-refractivity contribution in [2.75, 3.05) is 13.6 Å². The van der Waals surface area contributed by atoms with Gasteiger partial charge in [0.05, 0.1) is 10.6 Å². The molecule has 30 heavy (non-hydrogen) atoms. The molecular formula is C22H26Cl2N2O4. The minimum atomic E-state index is -1.18. The predicted molar refractivity (Wildman–Crippen MR) is 119 cm³/mol. The summed E-state index contributed by atoms with van der Waals surface area (Å²) in [7, 11) is 1.89. The van der Waals surface area contributed by atoms with Gasteiger partial charge in [0.1, 0.15) is 11.8 Å². The molecule has 0 saturated heterocycles. The molecule has 0 saturated carbocycles. The molecule has 0 spiro atoms. The third kappa shape index (κ3) is 6.62. The van der Waals surface area contributed by atoms with E-state index >= 15 is 0 Å². The standard InChI is InChI=1S/C22H26Cl2N2O4/c1-25-11-7-3-6-10-15-17(23)13-16(20(27)19(15)24)21(28)26-18(22(29)30)12-14-8-4-2-5-9-14/h2,4-5,8-9,13,18,25,27H,3,6-7,10-12H2,1H3,(H,26,28)(H,29,30)/t18-/m0/s1. The molecule has 0 aliphatic rings. The van der Waals surface area contributed by atoms with Crippen LogP contribution in [0.4, 0.5) is 0 Å². The molecule has 1 amide bonds. The maximum atomic E-state index is 12.7. The van der Waals surface area contributed by atoms with E-state index in [0.29, 0.717) is 12.0 Å². The molecule has 0 aliphatic heterocycles. The molecule has 2 aromatic rings. The van der Waals surface area contributed by atoms with Crippen molar-refractivity contribution in [3.8, 4) is 5.75 Å². The number of rotatable bonds is 11. The van der Waals surface area contributed by atoms with Gasteiger partial charge in [-0.2, -0.15) is 0 Å². The van der Waals surface area contributed by atoms with Gasteiger partial charge in [-0.1, -0.05) is 60.0 Å². The molecule has 0 radical (unpaired) electrons. The molecule has 0 aliphatic carbocycles. The second-order valence-corrected chi connectivity index (χ2v) is 7.80. The van der Waals surface area contributed by atoms with Crippen LogP contribution in [0.5, 0.6) is 5.75 Å². The minimum absolute atomic E-state index is 0.0243. The van der Waals surface area contributed by atoms with Gasteiger partial charge in [0.15, 0.2) is 0 Å². The molecule has 0 fully saturated rings. The van der Waals surface area contributed by atoms with Gasteiger partial charge < -0.3 is 20.8 Å². The molecule has 1 atom stereocenters. The number of hydrogen-bond acceptors (Lipinski definition) is 4. The summed E-state index contributed by atoms with van der Waals surface area (Å²) in [5.74, 6) is -2.32. The Morgan fingerprint density at radius 2 is 1.80 bits per heavy atom. The van der Waals surface area contributed by atoms with Gasteiger partial charge in [-0.05, 0) is 50.0 Å². The zero-order chi connectivity index (χ0) is 22.1. The van der Waals surface area contributed by atoms with Crippen molar-refractivity contribution in [3.05, 3.63) is 63.1 Å². The number of carbonyl (C=O) groups is 2. The summed E-state index contributed by atoms with van der Waals surface area (Å²) in [5.41, 5.74) is 1.19. The number of phenols is 1. The van der Waals surface area contributed by atoms with E-state index in [4.69, 9.17) is 23.2 Å². The summed E-state index contributed by atoms with van der Waals surface area (Å²) >= 11 is 12.6. The van der Waals surface area contributed by atoms with Crippen LogP contribution in [-0.4, -0.2) is 41.7 Å². The summed E-state index contributed by atoms with van der Waals surface area (Å²) in [4.78, 5) is 24.3. The Morgan fingerprint density at radius 1 is 1.10 bits per heavy atom. The van der Waals surface area contributed by atoms with Crippen LogP contribution in [0.1, 0.15) is 40.7 Å². The maximum Gasteiger partial charge on any atom is 0.326 e. The summed E-state index contributed by atoms with van der Waals surface area (Å²) in [6, 6.07) is 9.13. The number of carboxylic acid groups (broad SMARTS) is 1. The van der Waals surface area contributed by atoms with E-state index in [1.807, 2.05) is 13.1 Å². The first kappa shape index (κ1) is 24.0. The van der Waals surface area contributed by atoms with Crippen LogP contribution >= 0.6 is 23.2 Å². The number of phenolic OH excluding ortho intramolecular Hbond substituents is 1. The van der Waals surface area contributed by atoms with Crippen molar-refractivity contribution < 1.29 is 19.8 Å². The Bertz CT molecular complexity index is 875. The number of aliphatic carboxylic acids is 1. The Kier molecular flexibility index (Phi) is 9.43. The SMILES string of the molecule is CNCCCCCc1c(Cl)cc(C(=O)N[C@@H](Cc2ccccc2)C(=O)O)c(O)c1Cl. The van der Waals surface area contributed by atoms with Gasteiger partial charge in [-0.15, -0.1) is 0 Å². The molecule has 0 unspecified atom stereocenters. The Labute approximate surface area is 186 Å². The van der Waals surface area contributed by atoms with Crippen molar-refractivity contribution in [3.63, 3.8) is 0 Å². The Morgan fingerprint density at radius 3 is 2.43 bits per heavy atom. The molecule has 2 rings (SSSR count). The van der Waals surface area contributed by atoms with Crippen molar-refractivity contribution in [1.29, 1.82) is 0 Å². The molecular weight excluding hydrogens is 427 g/mol. The van der Waals surface area contributed by atoms with Crippen LogP contribution in [0, 0.1) is 0 Å². The van der Waals surface area contributed by atoms with Crippen LogP contribution in [0.25, 0.3) is 0 Å². The number of amides is 1. The fourth-order valence-electron chi connectivity index (χ4n) is 3.12. The highest BCUT2D eigenvalue weighted by molar-refractivity contribution is 6.37. The molecule has 6 nitrogen and oxygen atoms in total. The summed E-state index contributed by atoms with van der Waals surface area (Å²) in [5, 5.41) is 25.7. The smallest absolute Gasteiger partial charge is 0.326 e. The topological polar surface area (TPSA) is 98.7 Å². The summed E-state index contributed by atoms with van der Waals surface area (Å²) in [6.45, 7) is 0.916. The lowest BCUT2D eigenvalue weighted by Crippen LogP contribution is -2.42. The Balaban J connectivity index is 2.13. The third-order valence-corrected chi connectivity index (χ3v) is 5.52. The van der Waals surface area contributed by atoms with Crippen molar-refractivity contribution >= 4 is 35.1 Å². The largest absolute Gasteiger partial charge is 0.506 e. The van der Waals surface area contributed by atoms with E-state index < -0.39 is 23.7 Å². The van der Waals surface area contributed by atoms with E-state index in [1.165, 1.54) is 6.07 Å². The van der Waals surface area contributed by atoms with Gasteiger partial charge in [0.25, 0.3) is 5.91 Å². The van der Waals surface area contributed by atoms with E-state index in [2.05, 4.69) is 10.6 Å². The quantitative estimate of drug-likeness (QED) is 0.385. The minimum Gasteiger partial charge on any atom is -0.506 e. The first-order chi connectivity index (χ1) is 14.3.